The summed E-state index contributed by atoms with van der Waals surface area (Å²) in [6, 6.07) is 5.27. The van der Waals surface area contributed by atoms with Gasteiger partial charge < -0.3 is 9.84 Å². The van der Waals surface area contributed by atoms with Gasteiger partial charge >= 0.3 is 5.97 Å². The summed E-state index contributed by atoms with van der Waals surface area (Å²) in [5.74, 6) is -1.13. The van der Waals surface area contributed by atoms with Crippen molar-refractivity contribution in [3.8, 4) is 5.75 Å². The van der Waals surface area contributed by atoms with E-state index in [1.54, 1.807) is 38.4 Å². The van der Waals surface area contributed by atoms with E-state index < -0.39 is 11.9 Å². The third-order valence-corrected chi connectivity index (χ3v) is 3.22. The van der Waals surface area contributed by atoms with Gasteiger partial charge in [0, 0.05) is 24.6 Å². The van der Waals surface area contributed by atoms with Crippen LogP contribution in [0.5, 0.6) is 5.75 Å². The monoisotopic (exact) mass is 261 g/mol. The topological polar surface area (TPSA) is 68.5 Å². The lowest BCUT2D eigenvalue weighted by Gasteiger charge is -2.04. The van der Waals surface area contributed by atoms with E-state index in [0.717, 1.165) is 5.39 Å². The Kier molecular flexibility index (Phi) is 3.29. The molecule has 2 aromatic rings. The molecule has 0 bridgehead atoms. The highest BCUT2D eigenvalue weighted by Crippen LogP contribution is 2.30. The molecule has 0 spiro atoms. The predicted molar refractivity (Wildman–Crippen MR) is 70.8 cm³/mol. The molecule has 1 aromatic heterocycles. The second kappa shape index (κ2) is 4.76. The molecule has 1 atom stereocenters. The molecule has 1 unspecified atom stereocenters. The van der Waals surface area contributed by atoms with Crippen LogP contribution in [0.15, 0.2) is 24.4 Å². The maximum absolute atomic E-state index is 11.6. The van der Waals surface area contributed by atoms with Gasteiger partial charge in [0.15, 0.2) is 0 Å². The summed E-state index contributed by atoms with van der Waals surface area (Å²) in [6.07, 6.45) is 1.59. The lowest BCUT2D eigenvalue weighted by molar-refractivity contribution is -0.138. The van der Waals surface area contributed by atoms with Crippen LogP contribution in [0, 0.1) is 0 Å². The normalized spacial score (nSPS) is 12.4. The highest BCUT2D eigenvalue weighted by Gasteiger charge is 2.21. The Morgan fingerprint density at radius 2 is 2.05 bits per heavy atom. The fourth-order valence-electron chi connectivity index (χ4n) is 2.10. The fourth-order valence-corrected chi connectivity index (χ4v) is 2.10. The predicted octanol–water partition coefficient (Wildman–Crippen LogP) is 2.50. The molecule has 5 heteroatoms. The molecule has 0 aliphatic heterocycles. The van der Waals surface area contributed by atoms with E-state index in [-0.39, 0.29) is 5.91 Å². The van der Waals surface area contributed by atoms with Crippen molar-refractivity contribution >= 4 is 22.8 Å². The van der Waals surface area contributed by atoms with Gasteiger partial charge in [-0.15, -0.1) is 0 Å². The first-order valence-corrected chi connectivity index (χ1v) is 5.88. The number of nitrogens with zero attached hydrogens (tertiary/aromatic N) is 1. The second-order valence-electron chi connectivity index (χ2n) is 4.42. The Morgan fingerprint density at radius 1 is 1.37 bits per heavy atom. The van der Waals surface area contributed by atoms with Crippen LogP contribution in [0.25, 0.3) is 10.9 Å². The van der Waals surface area contributed by atoms with Crippen molar-refractivity contribution in [1.29, 1.82) is 0 Å². The number of benzene rings is 1. The Morgan fingerprint density at radius 3 is 2.58 bits per heavy atom. The Bertz CT molecular complexity index is 657. The van der Waals surface area contributed by atoms with Crippen molar-refractivity contribution in [3.63, 3.8) is 0 Å². The number of carboxylic acid groups (broad SMARTS) is 1. The molecule has 0 amide bonds. The average Bonchev–Trinajstić information content (AvgIpc) is 2.76. The summed E-state index contributed by atoms with van der Waals surface area (Å²) >= 11 is 0. The highest BCUT2D eigenvalue weighted by molar-refractivity contribution is 5.96. The van der Waals surface area contributed by atoms with Crippen LogP contribution in [0.4, 0.5) is 0 Å². The molecule has 0 aliphatic carbocycles. The SMILES string of the molecule is COc1ccc2c(C(C)C(=O)O)cn(C(C)=O)c2c1. The zero-order valence-electron chi connectivity index (χ0n) is 11.0. The molecule has 0 radical (unpaired) electrons. The van der Waals surface area contributed by atoms with Gasteiger partial charge in [-0.25, -0.2) is 0 Å². The Balaban J connectivity index is 2.73. The van der Waals surface area contributed by atoms with Crippen LogP contribution in [0.1, 0.15) is 30.1 Å². The van der Waals surface area contributed by atoms with E-state index in [1.807, 2.05) is 0 Å². The largest absolute Gasteiger partial charge is 0.497 e. The van der Waals surface area contributed by atoms with E-state index in [0.29, 0.717) is 16.8 Å². The van der Waals surface area contributed by atoms with Crippen molar-refractivity contribution in [2.45, 2.75) is 19.8 Å². The zero-order chi connectivity index (χ0) is 14.2. The Labute approximate surface area is 110 Å². The van der Waals surface area contributed by atoms with Gasteiger partial charge in [-0.1, -0.05) is 0 Å². The van der Waals surface area contributed by atoms with Gasteiger partial charge in [0.1, 0.15) is 5.75 Å². The quantitative estimate of drug-likeness (QED) is 0.921. The molecule has 1 aromatic carbocycles. The fraction of sp³-hybridized carbons (Fsp3) is 0.286. The maximum atomic E-state index is 11.6. The number of carbonyl (C=O) groups excluding carboxylic acids is 1. The Hall–Kier alpha value is -2.30. The zero-order valence-corrected chi connectivity index (χ0v) is 11.0. The first-order chi connectivity index (χ1) is 8.95. The summed E-state index contributed by atoms with van der Waals surface area (Å²) in [7, 11) is 1.54. The van der Waals surface area contributed by atoms with E-state index in [4.69, 9.17) is 9.84 Å². The second-order valence-corrected chi connectivity index (χ2v) is 4.42. The van der Waals surface area contributed by atoms with Crippen molar-refractivity contribution in [2.24, 2.45) is 0 Å². The molecular weight excluding hydrogens is 246 g/mol. The summed E-state index contributed by atoms with van der Waals surface area (Å²) < 4.78 is 6.58. The number of rotatable bonds is 3. The molecular formula is C14H15NO4. The molecule has 100 valence electrons. The molecule has 0 aliphatic rings. The number of hydrogen-bond donors (Lipinski definition) is 1. The van der Waals surface area contributed by atoms with Crippen molar-refractivity contribution in [1.82, 2.24) is 4.57 Å². The molecule has 5 nitrogen and oxygen atoms in total. The lowest BCUT2D eigenvalue weighted by Crippen LogP contribution is -2.07. The number of aliphatic carboxylic acids is 1. The standard InChI is InChI=1S/C14H15NO4/c1-8(14(17)18)12-7-15(9(2)16)13-6-10(19-3)4-5-11(12)13/h4-8H,1-3H3,(H,17,18). The molecule has 0 fully saturated rings. The minimum Gasteiger partial charge on any atom is -0.497 e. The van der Waals surface area contributed by atoms with E-state index >= 15 is 0 Å². The molecule has 1 heterocycles. The third-order valence-electron chi connectivity index (χ3n) is 3.22. The minimum absolute atomic E-state index is 0.165. The van der Waals surface area contributed by atoms with Gasteiger partial charge in [0.05, 0.1) is 18.5 Å². The van der Waals surface area contributed by atoms with E-state index in [1.165, 1.54) is 11.5 Å². The van der Waals surface area contributed by atoms with Crippen LogP contribution >= 0.6 is 0 Å². The number of ether oxygens (including phenoxy) is 1. The summed E-state index contributed by atoms with van der Waals surface area (Å²) in [6.45, 7) is 3.04. The number of aromatic nitrogens is 1. The van der Waals surface area contributed by atoms with E-state index in [2.05, 4.69) is 0 Å². The average molecular weight is 261 g/mol. The first-order valence-electron chi connectivity index (χ1n) is 5.88. The van der Waals surface area contributed by atoms with Gasteiger partial charge in [-0.05, 0) is 24.6 Å². The molecule has 0 saturated heterocycles. The maximum Gasteiger partial charge on any atom is 0.310 e. The number of methoxy groups -OCH3 is 1. The smallest absolute Gasteiger partial charge is 0.310 e. The van der Waals surface area contributed by atoms with Gasteiger partial charge in [-0.3, -0.25) is 14.2 Å². The number of carbonyl (C=O) groups is 2. The summed E-state index contributed by atoms with van der Waals surface area (Å²) in [5, 5.41) is 9.88. The highest BCUT2D eigenvalue weighted by atomic mass is 16.5. The van der Waals surface area contributed by atoms with Crippen molar-refractivity contribution < 1.29 is 19.4 Å². The van der Waals surface area contributed by atoms with Crippen LogP contribution in [-0.2, 0) is 4.79 Å². The minimum atomic E-state index is -0.918. The lowest BCUT2D eigenvalue weighted by atomic mass is 10.0. The number of carboxylic acids is 1. The van der Waals surface area contributed by atoms with Gasteiger partial charge in [0.2, 0.25) is 5.91 Å². The number of hydrogen-bond acceptors (Lipinski definition) is 3. The number of fused-ring (bicyclic) bond motifs is 1. The van der Waals surface area contributed by atoms with Crippen LogP contribution in [-0.4, -0.2) is 28.7 Å². The van der Waals surface area contributed by atoms with Crippen molar-refractivity contribution in [3.05, 3.63) is 30.0 Å². The molecule has 0 saturated carbocycles. The van der Waals surface area contributed by atoms with Crippen LogP contribution < -0.4 is 4.74 Å². The molecule has 2 rings (SSSR count). The molecule has 19 heavy (non-hydrogen) atoms. The first kappa shape index (κ1) is 13.1. The van der Waals surface area contributed by atoms with Crippen molar-refractivity contribution in [2.75, 3.05) is 7.11 Å². The summed E-state index contributed by atoms with van der Waals surface area (Å²) in [4.78, 5) is 22.8. The summed E-state index contributed by atoms with van der Waals surface area (Å²) in [5.41, 5.74) is 1.29. The third kappa shape index (κ3) is 2.19. The molecule has 1 N–H and O–H groups in total. The van der Waals surface area contributed by atoms with Crippen LogP contribution in [0.2, 0.25) is 0 Å². The van der Waals surface area contributed by atoms with Gasteiger partial charge in [-0.2, -0.15) is 0 Å². The van der Waals surface area contributed by atoms with Crippen LogP contribution in [0.3, 0.4) is 0 Å². The van der Waals surface area contributed by atoms with Gasteiger partial charge in [0.25, 0.3) is 0 Å². The van der Waals surface area contributed by atoms with E-state index in [9.17, 15) is 9.59 Å².